The molecule has 0 unspecified atom stereocenters. The number of rotatable bonds is 4. The standard InChI is InChI=1S/C10H9N5O4/c16-8(5-15-3-1-2-11-10(15)19)12-7-4-6(9(17)18)13-14-7/h1-4H,5H2,(H,17,18)(H2,12,13,14,16). The highest BCUT2D eigenvalue weighted by Crippen LogP contribution is 2.04. The Balaban J connectivity index is 2.03. The summed E-state index contributed by atoms with van der Waals surface area (Å²) >= 11 is 0. The number of hydrogen-bond donors (Lipinski definition) is 3. The molecule has 2 rings (SSSR count). The van der Waals surface area contributed by atoms with E-state index in [0.717, 1.165) is 4.57 Å². The molecule has 98 valence electrons. The Morgan fingerprint density at radius 2 is 2.26 bits per heavy atom. The Morgan fingerprint density at radius 3 is 2.89 bits per heavy atom. The fourth-order valence-corrected chi connectivity index (χ4v) is 1.34. The van der Waals surface area contributed by atoms with Gasteiger partial charge in [0.1, 0.15) is 12.2 Å². The zero-order valence-corrected chi connectivity index (χ0v) is 9.53. The summed E-state index contributed by atoms with van der Waals surface area (Å²) in [5, 5.41) is 16.9. The number of H-pyrrole nitrogens is 1. The van der Waals surface area contributed by atoms with Gasteiger partial charge in [-0.2, -0.15) is 5.10 Å². The molecule has 9 nitrogen and oxygen atoms in total. The van der Waals surface area contributed by atoms with Gasteiger partial charge < -0.3 is 10.4 Å². The number of carbonyl (C=O) groups excluding carboxylic acids is 1. The van der Waals surface area contributed by atoms with Gasteiger partial charge >= 0.3 is 11.7 Å². The molecule has 0 aromatic carbocycles. The number of amides is 1. The van der Waals surface area contributed by atoms with Crippen molar-refractivity contribution >= 4 is 17.7 Å². The molecule has 1 amide bonds. The van der Waals surface area contributed by atoms with Crippen molar-refractivity contribution in [1.29, 1.82) is 0 Å². The number of anilines is 1. The largest absolute Gasteiger partial charge is 0.477 e. The zero-order chi connectivity index (χ0) is 13.8. The minimum atomic E-state index is -1.18. The van der Waals surface area contributed by atoms with Gasteiger partial charge in [0.2, 0.25) is 5.91 Å². The van der Waals surface area contributed by atoms with Crippen molar-refractivity contribution in [1.82, 2.24) is 19.7 Å². The van der Waals surface area contributed by atoms with Gasteiger partial charge in [-0.15, -0.1) is 0 Å². The highest BCUT2D eigenvalue weighted by atomic mass is 16.4. The number of nitrogens with one attached hydrogen (secondary N) is 2. The molecule has 2 aromatic rings. The topological polar surface area (TPSA) is 130 Å². The first-order chi connectivity index (χ1) is 9.06. The van der Waals surface area contributed by atoms with Gasteiger partial charge in [-0.3, -0.25) is 14.5 Å². The van der Waals surface area contributed by atoms with Gasteiger partial charge in [-0.1, -0.05) is 0 Å². The Hall–Kier alpha value is -2.97. The van der Waals surface area contributed by atoms with E-state index in [4.69, 9.17) is 5.11 Å². The molecule has 2 aromatic heterocycles. The lowest BCUT2D eigenvalue weighted by Gasteiger charge is -2.03. The van der Waals surface area contributed by atoms with E-state index in [-0.39, 0.29) is 18.1 Å². The van der Waals surface area contributed by atoms with Crippen molar-refractivity contribution in [3.05, 3.63) is 40.7 Å². The van der Waals surface area contributed by atoms with Crippen LogP contribution in [-0.2, 0) is 11.3 Å². The maximum absolute atomic E-state index is 11.6. The molecule has 0 spiro atoms. The third kappa shape index (κ3) is 3.03. The van der Waals surface area contributed by atoms with Crippen LogP contribution in [0.4, 0.5) is 5.82 Å². The number of carbonyl (C=O) groups is 2. The molecule has 3 N–H and O–H groups in total. The zero-order valence-electron chi connectivity index (χ0n) is 9.53. The predicted molar refractivity (Wildman–Crippen MR) is 62.7 cm³/mol. The number of nitrogens with zero attached hydrogens (tertiary/aromatic N) is 3. The maximum atomic E-state index is 11.6. The fraction of sp³-hybridized carbons (Fsp3) is 0.100. The summed E-state index contributed by atoms with van der Waals surface area (Å²) in [6, 6.07) is 2.69. The van der Waals surface area contributed by atoms with Gasteiger partial charge in [0.15, 0.2) is 5.82 Å². The second-order valence-electron chi connectivity index (χ2n) is 3.55. The van der Waals surface area contributed by atoms with Crippen molar-refractivity contribution in [2.45, 2.75) is 6.54 Å². The van der Waals surface area contributed by atoms with Crippen LogP contribution in [0.2, 0.25) is 0 Å². The van der Waals surface area contributed by atoms with E-state index >= 15 is 0 Å². The fourth-order valence-electron chi connectivity index (χ4n) is 1.34. The first-order valence-electron chi connectivity index (χ1n) is 5.16. The van der Waals surface area contributed by atoms with Gasteiger partial charge in [0.25, 0.3) is 0 Å². The molecule has 0 atom stereocenters. The molecule has 0 bridgehead atoms. The second-order valence-corrected chi connectivity index (χ2v) is 3.55. The first kappa shape index (κ1) is 12.5. The number of carboxylic acids is 1. The van der Waals surface area contributed by atoms with E-state index in [2.05, 4.69) is 20.5 Å². The van der Waals surface area contributed by atoms with Gasteiger partial charge in [-0.25, -0.2) is 14.6 Å². The smallest absolute Gasteiger partial charge is 0.353 e. The van der Waals surface area contributed by atoms with Crippen LogP contribution in [0, 0.1) is 0 Å². The number of carboxylic acid groups (broad SMARTS) is 1. The van der Waals surface area contributed by atoms with Crippen molar-refractivity contribution in [3.8, 4) is 0 Å². The van der Waals surface area contributed by atoms with Crippen molar-refractivity contribution in [2.24, 2.45) is 0 Å². The summed E-state index contributed by atoms with van der Waals surface area (Å²) in [6.45, 7) is -0.234. The molecule has 0 radical (unpaired) electrons. The molecule has 0 aliphatic heterocycles. The van der Waals surface area contributed by atoms with Gasteiger partial charge in [0.05, 0.1) is 0 Å². The maximum Gasteiger partial charge on any atom is 0.353 e. The third-order valence-corrected chi connectivity index (χ3v) is 2.17. The van der Waals surface area contributed by atoms with Crippen LogP contribution in [0.1, 0.15) is 10.5 Å². The Bertz CT molecular complexity index is 674. The number of aromatic carboxylic acids is 1. The average Bonchev–Trinajstić information content (AvgIpc) is 2.80. The molecular formula is C10H9N5O4. The molecule has 19 heavy (non-hydrogen) atoms. The normalized spacial score (nSPS) is 10.1. The highest BCUT2D eigenvalue weighted by molar-refractivity contribution is 5.92. The summed E-state index contributed by atoms with van der Waals surface area (Å²) in [5.41, 5.74) is -0.695. The Morgan fingerprint density at radius 1 is 1.47 bits per heavy atom. The average molecular weight is 263 g/mol. The van der Waals surface area contributed by atoms with E-state index in [1.807, 2.05) is 0 Å². The van der Waals surface area contributed by atoms with E-state index < -0.39 is 17.6 Å². The van der Waals surface area contributed by atoms with Gasteiger partial charge in [0, 0.05) is 18.5 Å². The van der Waals surface area contributed by atoms with E-state index in [1.54, 1.807) is 0 Å². The van der Waals surface area contributed by atoms with Crippen LogP contribution in [0.5, 0.6) is 0 Å². The van der Waals surface area contributed by atoms with Crippen LogP contribution in [0.3, 0.4) is 0 Å². The third-order valence-electron chi connectivity index (χ3n) is 2.17. The van der Waals surface area contributed by atoms with E-state index in [0.29, 0.717) is 0 Å². The van der Waals surface area contributed by atoms with Crippen LogP contribution in [0.15, 0.2) is 29.3 Å². The van der Waals surface area contributed by atoms with Crippen LogP contribution < -0.4 is 11.0 Å². The minimum Gasteiger partial charge on any atom is -0.477 e. The van der Waals surface area contributed by atoms with Crippen LogP contribution in [-0.4, -0.2) is 36.7 Å². The molecule has 2 heterocycles. The first-order valence-corrected chi connectivity index (χ1v) is 5.16. The molecular weight excluding hydrogens is 254 g/mol. The quantitative estimate of drug-likeness (QED) is 0.668. The van der Waals surface area contributed by atoms with Crippen LogP contribution in [0.25, 0.3) is 0 Å². The molecule has 0 aliphatic carbocycles. The summed E-state index contributed by atoms with van der Waals surface area (Å²) < 4.78 is 1.11. The lowest BCUT2D eigenvalue weighted by atomic mass is 10.4. The summed E-state index contributed by atoms with van der Waals surface area (Å²) in [4.78, 5) is 37.0. The Labute approximate surface area is 105 Å². The highest BCUT2D eigenvalue weighted by Gasteiger charge is 2.10. The van der Waals surface area contributed by atoms with Gasteiger partial charge in [-0.05, 0) is 6.07 Å². The summed E-state index contributed by atoms with van der Waals surface area (Å²) in [6.07, 6.45) is 2.74. The van der Waals surface area contributed by atoms with Crippen molar-refractivity contribution in [3.63, 3.8) is 0 Å². The second kappa shape index (κ2) is 5.12. The number of aromatic nitrogens is 4. The SMILES string of the molecule is O=C(Cn1cccnc1=O)Nc1cc(C(=O)O)[nH]n1. The lowest BCUT2D eigenvalue weighted by Crippen LogP contribution is -2.28. The van der Waals surface area contributed by atoms with Crippen molar-refractivity contribution in [2.75, 3.05) is 5.32 Å². The molecule has 9 heteroatoms. The number of aromatic amines is 1. The monoisotopic (exact) mass is 263 g/mol. The predicted octanol–water partition coefficient (Wildman–Crippen LogP) is -0.697. The lowest BCUT2D eigenvalue weighted by molar-refractivity contribution is -0.116. The molecule has 0 fully saturated rings. The Kier molecular flexibility index (Phi) is 3.37. The van der Waals surface area contributed by atoms with E-state index in [1.165, 1.54) is 24.5 Å². The van der Waals surface area contributed by atoms with Crippen LogP contribution >= 0.6 is 0 Å². The minimum absolute atomic E-state index is 0.0688. The molecule has 0 saturated carbocycles. The molecule has 0 aliphatic rings. The van der Waals surface area contributed by atoms with E-state index in [9.17, 15) is 14.4 Å². The van der Waals surface area contributed by atoms with Crippen molar-refractivity contribution < 1.29 is 14.7 Å². The number of hydrogen-bond acceptors (Lipinski definition) is 5. The summed E-state index contributed by atoms with van der Waals surface area (Å²) in [5.74, 6) is -1.63. The molecule has 0 saturated heterocycles. The summed E-state index contributed by atoms with van der Waals surface area (Å²) in [7, 11) is 0.